The van der Waals surface area contributed by atoms with E-state index < -0.39 is 4.99 Å². The van der Waals surface area contributed by atoms with Gasteiger partial charge in [-0.2, -0.15) is 5.10 Å². The number of benzene rings is 1. The summed E-state index contributed by atoms with van der Waals surface area (Å²) in [5.74, 6) is 1.17. The summed E-state index contributed by atoms with van der Waals surface area (Å²) in [7, 11) is 0. The first-order chi connectivity index (χ1) is 15.9. The van der Waals surface area contributed by atoms with Crippen molar-refractivity contribution >= 4 is 47.2 Å². The van der Waals surface area contributed by atoms with Gasteiger partial charge in [0, 0.05) is 28.3 Å². The second-order valence-electron chi connectivity index (χ2n) is 6.94. The molecule has 10 nitrogen and oxygen atoms in total. The molecule has 0 spiro atoms. The van der Waals surface area contributed by atoms with Crippen molar-refractivity contribution in [2.45, 2.75) is 38.8 Å². The molecule has 1 aromatic carbocycles. The molecular weight excluding hydrogens is 480 g/mol. The van der Waals surface area contributed by atoms with Crippen molar-refractivity contribution in [1.29, 1.82) is 0 Å². The molecule has 0 saturated carbocycles. The van der Waals surface area contributed by atoms with Crippen molar-refractivity contribution in [3.05, 3.63) is 48.4 Å². The fourth-order valence-corrected chi connectivity index (χ4v) is 5.13. The first-order valence-electron chi connectivity index (χ1n) is 9.92. The Morgan fingerprint density at radius 2 is 2.06 bits per heavy atom. The van der Waals surface area contributed by atoms with Crippen LogP contribution in [-0.2, 0) is 0 Å². The zero-order valence-corrected chi connectivity index (χ0v) is 20.3. The number of nitrogens with two attached hydrogens (primary N) is 1. The van der Waals surface area contributed by atoms with E-state index in [1.807, 2.05) is 50.2 Å². The lowest BCUT2D eigenvalue weighted by Gasteiger charge is -2.20. The second-order valence-corrected chi connectivity index (χ2v) is 10.3. The minimum absolute atomic E-state index is 0.301. The van der Waals surface area contributed by atoms with Gasteiger partial charge in [-0.3, -0.25) is 9.89 Å². The number of carbonyl (C=O) groups excluding carboxylic acids is 1. The quantitative estimate of drug-likeness (QED) is 0.322. The van der Waals surface area contributed by atoms with E-state index in [4.69, 9.17) is 10.5 Å². The van der Waals surface area contributed by atoms with Gasteiger partial charge in [0.05, 0.1) is 0 Å². The highest BCUT2D eigenvalue weighted by atomic mass is 32.2. The summed E-state index contributed by atoms with van der Waals surface area (Å²) in [4.78, 5) is 27.3. The monoisotopic (exact) mass is 502 g/mol. The van der Waals surface area contributed by atoms with Crippen molar-refractivity contribution < 1.29 is 9.53 Å². The van der Waals surface area contributed by atoms with Gasteiger partial charge < -0.3 is 20.5 Å². The highest BCUT2D eigenvalue weighted by molar-refractivity contribution is 8.00. The number of aromatic amines is 1. The number of aliphatic imine (C=N–C) groups is 1. The third-order valence-corrected chi connectivity index (χ3v) is 7.08. The van der Waals surface area contributed by atoms with Crippen LogP contribution in [-0.4, -0.2) is 50.1 Å². The van der Waals surface area contributed by atoms with Crippen LogP contribution in [0.25, 0.3) is 0 Å². The van der Waals surface area contributed by atoms with Crippen LogP contribution in [0, 0.1) is 0 Å². The molecule has 33 heavy (non-hydrogen) atoms. The van der Waals surface area contributed by atoms with Gasteiger partial charge in [-0.25, -0.2) is 15.0 Å². The van der Waals surface area contributed by atoms with Gasteiger partial charge in [-0.15, -0.1) is 0 Å². The molecule has 5 N–H and O–H groups in total. The largest absolute Gasteiger partial charge is 0.492 e. The summed E-state index contributed by atoms with van der Waals surface area (Å²) in [6.07, 6.45) is 1.42. The van der Waals surface area contributed by atoms with Crippen molar-refractivity contribution in [1.82, 2.24) is 30.2 Å². The minimum atomic E-state index is -0.819. The Hall–Kier alpha value is -2.74. The molecule has 2 aromatic heterocycles. The van der Waals surface area contributed by atoms with Crippen molar-refractivity contribution in [3.8, 4) is 5.75 Å². The molecule has 0 radical (unpaired) electrons. The Morgan fingerprint density at radius 3 is 2.73 bits per heavy atom. The van der Waals surface area contributed by atoms with E-state index >= 15 is 0 Å². The number of aromatic nitrogens is 4. The SMILES string of the molecule is CC1=NC(C)(NC(=O)c2nc(Sc3ncn[nH]3)ccc2Sc2ccc(OCCN)cc2)SN1. The van der Waals surface area contributed by atoms with E-state index in [9.17, 15) is 4.79 Å². The molecule has 0 bridgehead atoms. The fourth-order valence-electron chi connectivity index (χ4n) is 2.84. The Kier molecular flexibility index (Phi) is 7.42. The van der Waals surface area contributed by atoms with Crippen molar-refractivity contribution in [2.75, 3.05) is 13.2 Å². The highest BCUT2D eigenvalue weighted by Crippen LogP contribution is 2.34. The van der Waals surface area contributed by atoms with Gasteiger partial charge in [0.15, 0.2) is 10.2 Å². The first-order valence-corrected chi connectivity index (χ1v) is 12.4. The van der Waals surface area contributed by atoms with Gasteiger partial charge in [-0.1, -0.05) is 11.8 Å². The molecule has 0 aliphatic carbocycles. The van der Waals surface area contributed by atoms with E-state index in [1.54, 1.807) is 0 Å². The van der Waals surface area contributed by atoms with Crippen LogP contribution in [0.4, 0.5) is 0 Å². The van der Waals surface area contributed by atoms with Crippen LogP contribution in [0.1, 0.15) is 24.3 Å². The summed E-state index contributed by atoms with van der Waals surface area (Å²) in [6.45, 7) is 4.59. The number of pyridine rings is 1. The molecule has 1 aliphatic heterocycles. The summed E-state index contributed by atoms with van der Waals surface area (Å²) in [5.41, 5.74) is 5.79. The van der Waals surface area contributed by atoms with Crippen LogP contribution in [0.2, 0.25) is 0 Å². The van der Waals surface area contributed by atoms with Crippen LogP contribution in [0.3, 0.4) is 0 Å². The molecule has 0 saturated heterocycles. The summed E-state index contributed by atoms with van der Waals surface area (Å²) >= 11 is 4.06. The topological polar surface area (TPSA) is 143 Å². The number of rotatable bonds is 9. The molecule has 0 fully saturated rings. The molecular formula is C20H22N8O2S3. The van der Waals surface area contributed by atoms with Gasteiger partial charge in [0.2, 0.25) is 0 Å². The first kappa shape index (κ1) is 23.4. The number of hydrogen-bond acceptors (Lipinski definition) is 11. The minimum Gasteiger partial charge on any atom is -0.492 e. The van der Waals surface area contributed by atoms with Gasteiger partial charge in [0.25, 0.3) is 5.91 Å². The molecule has 1 aliphatic rings. The standard InChI is InChI=1S/C20H22N8O2S3/c1-12-25-20(2,33-28-12)26-18(29)17-15(7-8-16(24-17)32-19-22-11-23-27-19)31-14-5-3-13(4-6-14)30-10-9-21/h3-8,11H,9-10,21H2,1-2H3,(H,25,28)(H,26,29)(H,22,23,27). The average Bonchev–Trinajstić information content (AvgIpc) is 3.43. The number of ether oxygens (including phenoxy) is 1. The maximum absolute atomic E-state index is 13.3. The van der Waals surface area contributed by atoms with Gasteiger partial charge >= 0.3 is 0 Å². The lowest BCUT2D eigenvalue weighted by atomic mass is 10.3. The van der Waals surface area contributed by atoms with Crippen LogP contribution < -0.4 is 20.5 Å². The van der Waals surface area contributed by atoms with E-state index in [2.05, 4.69) is 35.2 Å². The summed E-state index contributed by atoms with van der Waals surface area (Å²) in [6, 6.07) is 11.3. The number of nitrogens with zero attached hydrogens (tertiary/aromatic N) is 4. The fraction of sp³-hybridized carbons (Fsp3) is 0.250. The summed E-state index contributed by atoms with van der Waals surface area (Å²) < 4.78 is 8.60. The predicted molar refractivity (Wildman–Crippen MR) is 130 cm³/mol. The van der Waals surface area contributed by atoms with Gasteiger partial charge in [-0.05, 0) is 62.0 Å². The number of carbonyl (C=O) groups is 1. The van der Waals surface area contributed by atoms with Gasteiger partial charge in [0.1, 0.15) is 35.2 Å². The highest BCUT2D eigenvalue weighted by Gasteiger charge is 2.33. The normalized spacial score (nSPS) is 17.4. The van der Waals surface area contributed by atoms with Crippen molar-refractivity contribution in [3.63, 3.8) is 0 Å². The Bertz CT molecular complexity index is 1140. The van der Waals surface area contributed by atoms with E-state index in [0.29, 0.717) is 33.9 Å². The number of H-pyrrole nitrogens is 1. The lowest BCUT2D eigenvalue weighted by molar-refractivity contribution is 0.0926. The number of amides is 1. The van der Waals surface area contributed by atoms with E-state index in [1.165, 1.54) is 41.8 Å². The zero-order valence-electron chi connectivity index (χ0n) is 17.9. The van der Waals surface area contributed by atoms with Crippen LogP contribution in [0.15, 0.2) is 67.7 Å². The molecule has 1 unspecified atom stereocenters. The molecule has 4 rings (SSSR count). The van der Waals surface area contributed by atoms with Crippen molar-refractivity contribution in [2.24, 2.45) is 10.7 Å². The maximum atomic E-state index is 13.3. The maximum Gasteiger partial charge on any atom is 0.273 e. The van der Waals surface area contributed by atoms with E-state index in [0.717, 1.165) is 16.5 Å². The van der Waals surface area contributed by atoms with E-state index in [-0.39, 0.29) is 5.91 Å². The summed E-state index contributed by atoms with van der Waals surface area (Å²) in [5, 5.41) is 10.8. The van der Waals surface area contributed by atoms with Crippen LogP contribution >= 0.6 is 35.5 Å². The lowest BCUT2D eigenvalue weighted by Crippen LogP contribution is -2.41. The average molecular weight is 503 g/mol. The zero-order chi connectivity index (χ0) is 23.3. The third kappa shape index (κ3) is 6.19. The number of amidine groups is 1. The predicted octanol–water partition coefficient (Wildman–Crippen LogP) is 2.91. The molecule has 3 aromatic rings. The second kappa shape index (κ2) is 10.5. The molecule has 1 amide bonds. The number of hydrogen-bond donors (Lipinski definition) is 4. The molecule has 13 heteroatoms. The molecule has 3 heterocycles. The Labute approximate surface area is 203 Å². The number of nitrogens with one attached hydrogen (secondary N) is 3. The Morgan fingerprint density at radius 1 is 1.24 bits per heavy atom. The van der Waals surface area contributed by atoms with Crippen LogP contribution in [0.5, 0.6) is 5.75 Å². The molecule has 1 atom stereocenters. The molecule has 172 valence electrons. The smallest absolute Gasteiger partial charge is 0.273 e. The third-order valence-electron chi connectivity index (χ3n) is 4.20. The Balaban J connectivity index is 1.59.